The number of aryl methyl sites for hydroxylation is 2. The number of ketones is 1. The molecule has 6 nitrogen and oxygen atoms in total. The van der Waals surface area contributed by atoms with Crippen molar-refractivity contribution in [2.45, 2.75) is 32.1 Å². The third-order valence-corrected chi connectivity index (χ3v) is 6.04. The van der Waals surface area contributed by atoms with Crippen molar-refractivity contribution in [1.29, 1.82) is 0 Å². The molecule has 2 aliphatic rings. The molecule has 0 saturated heterocycles. The SMILES string of the molecule is Cn1ccnc1CCCCCC1(C(N)=NC2=Cc3ccccc3NC2)C=CC=CC1=O. The van der Waals surface area contributed by atoms with Crippen LogP contribution in [0, 0.1) is 5.41 Å². The van der Waals surface area contributed by atoms with Crippen molar-refractivity contribution in [1.82, 2.24) is 9.55 Å². The van der Waals surface area contributed by atoms with Gasteiger partial charge in [0.15, 0.2) is 5.78 Å². The molecule has 6 heteroatoms. The molecule has 0 amide bonds. The van der Waals surface area contributed by atoms with Crippen molar-refractivity contribution in [3.63, 3.8) is 0 Å². The van der Waals surface area contributed by atoms with Gasteiger partial charge in [0, 0.05) is 31.5 Å². The number of nitrogens with zero attached hydrogens (tertiary/aromatic N) is 3. The lowest BCUT2D eigenvalue weighted by Gasteiger charge is -2.30. The number of hydrogen-bond donors (Lipinski definition) is 2. The summed E-state index contributed by atoms with van der Waals surface area (Å²) in [4.78, 5) is 22.0. The number of aromatic nitrogens is 2. The number of carbonyl (C=O) groups excluding carboxylic acids is 1. The Morgan fingerprint density at radius 1 is 1.26 bits per heavy atom. The lowest BCUT2D eigenvalue weighted by molar-refractivity contribution is -0.119. The first-order valence-corrected chi connectivity index (χ1v) is 10.8. The number of amidine groups is 1. The number of carbonyl (C=O) groups is 1. The molecule has 3 N–H and O–H groups in total. The molecule has 4 rings (SSSR count). The van der Waals surface area contributed by atoms with Crippen LogP contribution in [0.15, 0.2) is 71.7 Å². The van der Waals surface area contributed by atoms with Gasteiger partial charge in [-0.1, -0.05) is 49.3 Å². The predicted octanol–water partition coefficient (Wildman–Crippen LogP) is 4.03. The van der Waals surface area contributed by atoms with Gasteiger partial charge < -0.3 is 15.6 Å². The summed E-state index contributed by atoms with van der Waals surface area (Å²) in [5.74, 6) is 1.46. The zero-order chi connectivity index (χ0) is 21.7. The normalized spacial score (nSPS) is 20.4. The molecule has 0 radical (unpaired) electrons. The number of hydrogen-bond acceptors (Lipinski definition) is 4. The molecule has 31 heavy (non-hydrogen) atoms. The second-order valence-corrected chi connectivity index (χ2v) is 8.14. The Balaban J connectivity index is 1.46. The van der Waals surface area contributed by atoms with Gasteiger partial charge in [-0.2, -0.15) is 0 Å². The fraction of sp³-hybridized carbons (Fsp3) is 0.320. The van der Waals surface area contributed by atoms with Crippen LogP contribution in [0.5, 0.6) is 0 Å². The highest BCUT2D eigenvalue weighted by Gasteiger charge is 2.39. The minimum Gasteiger partial charge on any atom is -0.386 e. The van der Waals surface area contributed by atoms with E-state index in [-0.39, 0.29) is 5.78 Å². The van der Waals surface area contributed by atoms with E-state index >= 15 is 0 Å². The highest BCUT2D eigenvalue weighted by atomic mass is 16.1. The monoisotopic (exact) mass is 415 g/mol. The molecule has 0 spiro atoms. The van der Waals surface area contributed by atoms with E-state index in [1.165, 1.54) is 0 Å². The number of imidazole rings is 1. The van der Waals surface area contributed by atoms with Crippen LogP contribution in [0.25, 0.3) is 6.08 Å². The lowest BCUT2D eigenvalue weighted by atomic mass is 9.75. The van der Waals surface area contributed by atoms with Gasteiger partial charge in [0.1, 0.15) is 17.1 Å². The summed E-state index contributed by atoms with van der Waals surface area (Å²) in [6.07, 6.45) is 17.5. The van der Waals surface area contributed by atoms with Crippen LogP contribution in [-0.2, 0) is 18.3 Å². The van der Waals surface area contributed by atoms with E-state index in [0.29, 0.717) is 18.8 Å². The van der Waals surface area contributed by atoms with Gasteiger partial charge in [-0.25, -0.2) is 9.98 Å². The van der Waals surface area contributed by atoms with Crippen LogP contribution in [0.2, 0.25) is 0 Å². The van der Waals surface area contributed by atoms with E-state index in [1.54, 1.807) is 12.2 Å². The first kappa shape index (κ1) is 20.8. The average molecular weight is 416 g/mol. The number of aliphatic imine (C=N–C) groups is 1. The standard InChI is InChI=1S/C25H29N5O/c1-30-16-15-27-23(30)12-3-2-7-13-25(14-8-6-11-22(25)31)24(26)29-20-17-19-9-4-5-10-21(19)28-18-20/h4-6,8-11,14-17,28H,2-3,7,12-13,18H2,1H3,(H2,26,29). The van der Waals surface area contributed by atoms with Crippen LogP contribution < -0.4 is 11.1 Å². The average Bonchev–Trinajstić information content (AvgIpc) is 3.19. The Morgan fingerprint density at radius 3 is 2.94 bits per heavy atom. The quantitative estimate of drug-likeness (QED) is 0.387. The van der Waals surface area contributed by atoms with Crippen molar-refractivity contribution in [2.75, 3.05) is 11.9 Å². The van der Waals surface area contributed by atoms with E-state index < -0.39 is 5.41 Å². The second-order valence-electron chi connectivity index (χ2n) is 8.14. The Hall–Kier alpha value is -3.41. The number of rotatable bonds is 8. The van der Waals surface area contributed by atoms with Crippen molar-refractivity contribution in [2.24, 2.45) is 23.2 Å². The van der Waals surface area contributed by atoms with Crippen LogP contribution in [0.3, 0.4) is 0 Å². The second kappa shape index (κ2) is 9.16. The first-order chi connectivity index (χ1) is 15.1. The molecule has 1 aliphatic carbocycles. The summed E-state index contributed by atoms with van der Waals surface area (Å²) in [6.45, 7) is 0.588. The van der Waals surface area contributed by atoms with Gasteiger partial charge in [-0.15, -0.1) is 0 Å². The lowest BCUT2D eigenvalue weighted by Crippen LogP contribution is -2.43. The number of anilines is 1. The van der Waals surface area contributed by atoms with E-state index in [9.17, 15) is 4.79 Å². The van der Waals surface area contributed by atoms with Gasteiger partial charge in [-0.05, 0) is 36.6 Å². The zero-order valence-electron chi connectivity index (χ0n) is 17.9. The molecule has 0 bridgehead atoms. The molecule has 0 fully saturated rings. The summed E-state index contributed by atoms with van der Waals surface area (Å²) < 4.78 is 2.05. The van der Waals surface area contributed by atoms with Crippen molar-refractivity contribution < 1.29 is 4.79 Å². The summed E-state index contributed by atoms with van der Waals surface area (Å²) >= 11 is 0. The number of para-hydroxylation sites is 1. The maximum Gasteiger partial charge on any atom is 0.173 e. The summed E-state index contributed by atoms with van der Waals surface area (Å²) in [5, 5.41) is 3.37. The molecule has 1 unspecified atom stereocenters. The number of nitrogens with one attached hydrogen (secondary N) is 1. The fourth-order valence-electron chi connectivity index (χ4n) is 4.17. The molecule has 2 aromatic rings. The van der Waals surface area contributed by atoms with Gasteiger partial charge in [-0.3, -0.25) is 4.79 Å². The van der Waals surface area contributed by atoms with Gasteiger partial charge in [0.2, 0.25) is 0 Å². The number of unbranched alkanes of at least 4 members (excludes halogenated alkanes) is 2. The smallest absolute Gasteiger partial charge is 0.173 e. The zero-order valence-corrected chi connectivity index (χ0v) is 17.9. The van der Waals surface area contributed by atoms with Crippen molar-refractivity contribution >= 4 is 23.4 Å². The third-order valence-electron chi connectivity index (χ3n) is 6.04. The van der Waals surface area contributed by atoms with Gasteiger partial charge in [0.25, 0.3) is 0 Å². The van der Waals surface area contributed by atoms with Crippen LogP contribution in [0.1, 0.15) is 37.1 Å². The molecule has 1 aliphatic heterocycles. The third kappa shape index (κ3) is 4.53. The summed E-state index contributed by atoms with van der Waals surface area (Å²) in [7, 11) is 2.01. The van der Waals surface area contributed by atoms with E-state index in [4.69, 9.17) is 10.7 Å². The highest BCUT2D eigenvalue weighted by molar-refractivity contribution is 6.15. The fourth-order valence-corrected chi connectivity index (χ4v) is 4.17. The Morgan fingerprint density at radius 2 is 2.13 bits per heavy atom. The molecule has 160 valence electrons. The minimum absolute atomic E-state index is 0.00474. The number of nitrogens with two attached hydrogens (primary N) is 1. The topological polar surface area (TPSA) is 85.3 Å². The van der Waals surface area contributed by atoms with E-state index in [2.05, 4.69) is 14.9 Å². The Kier molecular flexibility index (Phi) is 6.16. The number of benzene rings is 1. The molecule has 0 saturated carbocycles. The Labute approximate surface area is 183 Å². The molecule has 1 atom stereocenters. The molecular weight excluding hydrogens is 386 g/mol. The minimum atomic E-state index is -0.865. The highest BCUT2D eigenvalue weighted by Crippen LogP contribution is 2.33. The number of allylic oxidation sites excluding steroid dienone is 3. The maximum atomic E-state index is 12.9. The van der Waals surface area contributed by atoms with Gasteiger partial charge in [0.05, 0.1) is 12.2 Å². The van der Waals surface area contributed by atoms with Crippen LogP contribution >= 0.6 is 0 Å². The predicted molar refractivity (Wildman–Crippen MR) is 126 cm³/mol. The largest absolute Gasteiger partial charge is 0.386 e. The van der Waals surface area contributed by atoms with E-state index in [0.717, 1.165) is 48.5 Å². The number of fused-ring (bicyclic) bond motifs is 1. The summed E-state index contributed by atoms with van der Waals surface area (Å²) in [5.41, 5.74) is 8.63. The Bertz CT molecular complexity index is 1080. The van der Waals surface area contributed by atoms with Crippen LogP contribution in [0.4, 0.5) is 5.69 Å². The molecule has 1 aromatic heterocycles. The van der Waals surface area contributed by atoms with Crippen molar-refractivity contribution in [3.05, 3.63) is 78.0 Å². The van der Waals surface area contributed by atoms with E-state index in [1.807, 2.05) is 61.9 Å². The maximum absolute atomic E-state index is 12.9. The van der Waals surface area contributed by atoms with Crippen molar-refractivity contribution in [3.8, 4) is 0 Å². The molecule has 2 heterocycles. The molecule has 1 aromatic carbocycles. The summed E-state index contributed by atoms with van der Waals surface area (Å²) in [6, 6.07) is 8.08. The van der Waals surface area contributed by atoms with Gasteiger partial charge >= 0.3 is 0 Å². The van der Waals surface area contributed by atoms with Crippen LogP contribution in [-0.4, -0.2) is 27.7 Å². The first-order valence-electron chi connectivity index (χ1n) is 10.8. The molecular formula is C25H29N5O.